The molecule has 3 amide bonds. The van der Waals surface area contributed by atoms with Crippen molar-refractivity contribution in [3.63, 3.8) is 0 Å². The molecule has 3 rings (SSSR count). The minimum atomic E-state index is -3.93. The summed E-state index contributed by atoms with van der Waals surface area (Å²) in [5, 5.41) is 3.28. The van der Waals surface area contributed by atoms with Gasteiger partial charge in [-0.25, -0.2) is 12.7 Å². The van der Waals surface area contributed by atoms with Crippen LogP contribution in [0.15, 0.2) is 53.4 Å². The van der Waals surface area contributed by atoms with Gasteiger partial charge in [-0.2, -0.15) is 0 Å². The zero-order valence-electron chi connectivity index (χ0n) is 19.3. The largest absolute Gasteiger partial charge is 0.352 e. The van der Waals surface area contributed by atoms with E-state index in [1.165, 1.54) is 17.0 Å². The van der Waals surface area contributed by atoms with Crippen LogP contribution in [0.3, 0.4) is 0 Å². The van der Waals surface area contributed by atoms with Crippen LogP contribution in [0.1, 0.15) is 49.5 Å². The van der Waals surface area contributed by atoms with Crippen molar-refractivity contribution in [1.82, 2.24) is 14.5 Å². The molecule has 1 aliphatic heterocycles. The maximum Gasteiger partial charge on any atom is 0.269 e. The monoisotopic (exact) mass is 505 g/mol. The summed E-state index contributed by atoms with van der Waals surface area (Å²) >= 11 is 6.27. The van der Waals surface area contributed by atoms with E-state index in [2.05, 4.69) is 5.32 Å². The number of carbonyl (C=O) groups is 3. The molecule has 0 saturated heterocycles. The number of carbonyl (C=O) groups excluding carboxylic acids is 3. The van der Waals surface area contributed by atoms with Gasteiger partial charge in [-0.05, 0) is 51.0 Å². The SMILES string of the molecule is CC(C)NC(=O)[C@@H](C)N(Cc1ccccc1Cl)C(=O)CCCN1C(=O)c2ccccc2S1(=O)=O. The number of benzene rings is 2. The summed E-state index contributed by atoms with van der Waals surface area (Å²) in [6.45, 7) is 5.29. The van der Waals surface area contributed by atoms with Crippen molar-refractivity contribution in [3.05, 3.63) is 64.7 Å². The summed E-state index contributed by atoms with van der Waals surface area (Å²) < 4.78 is 26.3. The van der Waals surface area contributed by atoms with Gasteiger partial charge < -0.3 is 10.2 Å². The molecule has 1 atom stereocenters. The molecule has 0 fully saturated rings. The quantitative estimate of drug-likeness (QED) is 0.563. The summed E-state index contributed by atoms with van der Waals surface area (Å²) in [6.07, 6.45) is 0.0781. The van der Waals surface area contributed by atoms with Crippen LogP contribution in [0, 0.1) is 0 Å². The molecule has 0 aliphatic carbocycles. The lowest BCUT2D eigenvalue weighted by molar-refractivity contribution is -0.140. The Balaban J connectivity index is 1.72. The number of hydrogen-bond acceptors (Lipinski definition) is 5. The van der Waals surface area contributed by atoms with Crippen molar-refractivity contribution >= 4 is 39.3 Å². The maximum absolute atomic E-state index is 13.2. The highest BCUT2D eigenvalue weighted by Gasteiger charge is 2.40. The highest BCUT2D eigenvalue weighted by atomic mass is 35.5. The minimum Gasteiger partial charge on any atom is -0.352 e. The number of fused-ring (bicyclic) bond motifs is 1. The molecule has 1 aliphatic rings. The third kappa shape index (κ3) is 5.42. The van der Waals surface area contributed by atoms with Gasteiger partial charge in [0.05, 0.1) is 5.56 Å². The predicted molar refractivity (Wildman–Crippen MR) is 129 cm³/mol. The second-order valence-electron chi connectivity index (χ2n) is 8.43. The van der Waals surface area contributed by atoms with Gasteiger partial charge in [0.2, 0.25) is 11.8 Å². The van der Waals surface area contributed by atoms with Crippen LogP contribution >= 0.6 is 11.6 Å². The zero-order valence-corrected chi connectivity index (χ0v) is 20.9. The van der Waals surface area contributed by atoms with E-state index in [4.69, 9.17) is 11.6 Å². The number of sulfonamides is 1. The van der Waals surface area contributed by atoms with Crippen LogP contribution in [0.4, 0.5) is 0 Å². The maximum atomic E-state index is 13.2. The predicted octanol–water partition coefficient (Wildman–Crippen LogP) is 3.21. The van der Waals surface area contributed by atoms with Crippen LogP contribution in [0.5, 0.6) is 0 Å². The van der Waals surface area contributed by atoms with Crippen molar-refractivity contribution in [2.75, 3.05) is 6.54 Å². The van der Waals surface area contributed by atoms with Crippen LogP contribution in [-0.2, 0) is 26.2 Å². The highest BCUT2D eigenvalue weighted by Crippen LogP contribution is 2.30. The Morgan fingerprint density at radius 2 is 1.71 bits per heavy atom. The van der Waals surface area contributed by atoms with E-state index < -0.39 is 22.0 Å². The number of nitrogens with zero attached hydrogens (tertiary/aromatic N) is 2. The summed E-state index contributed by atoms with van der Waals surface area (Å²) in [4.78, 5) is 39.8. The van der Waals surface area contributed by atoms with Gasteiger partial charge in [-0.1, -0.05) is 41.9 Å². The molecule has 0 saturated carbocycles. The van der Waals surface area contributed by atoms with Crippen LogP contribution in [0.25, 0.3) is 0 Å². The standard InChI is InChI=1S/C24H28ClN3O5S/c1-16(2)26-23(30)17(3)27(15-18-9-4-6-11-20(18)25)22(29)13-8-14-28-24(31)19-10-5-7-12-21(19)34(28,32)33/h4-7,9-12,16-17H,8,13-15H2,1-3H3,(H,26,30)/t17-/m1/s1. The minimum absolute atomic E-state index is 0.0225. The third-order valence-electron chi connectivity index (χ3n) is 5.56. The Morgan fingerprint density at radius 1 is 1.06 bits per heavy atom. The average Bonchev–Trinajstić information content (AvgIpc) is 2.98. The van der Waals surface area contributed by atoms with Gasteiger partial charge in [0.15, 0.2) is 0 Å². The van der Waals surface area contributed by atoms with E-state index in [9.17, 15) is 22.8 Å². The van der Waals surface area contributed by atoms with Gasteiger partial charge in [-0.15, -0.1) is 0 Å². The molecule has 182 valence electrons. The first-order chi connectivity index (χ1) is 16.0. The summed E-state index contributed by atoms with van der Waals surface area (Å²) in [5.41, 5.74) is 0.822. The Labute approximate surface area is 204 Å². The molecule has 1 heterocycles. The van der Waals surface area contributed by atoms with E-state index in [1.807, 2.05) is 13.8 Å². The van der Waals surface area contributed by atoms with E-state index in [0.29, 0.717) is 10.6 Å². The van der Waals surface area contributed by atoms with Gasteiger partial charge in [-0.3, -0.25) is 14.4 Å². The fraction of sp³-hybridized carbons (Fsp3) is 0.375. The Hall–Kier alpha value is -2.91. The zero-order chi connectivity index (χ0) is 25.0. The molecule has 34 heavy (non-hydrogen) atoms. The molecular weight excluding hydrogens is 478 g/mol. The number of amides is 3. The second kappa shape index (κ2) is 10.6. The van der Waals surface area contributed by atoms with Crippen LogP contribution in [0.2, 0.25) is 5.02 Å². The summed E-state index contributed by atoms with van der Waals surface area (Å²) in [6, 6.07) is 12.2. The normalized spacial score (nSPS) is 15.2. The Morgan fingerprint density at radius 3 is 2.35 bits per heavy atom. The number of nitrogens with one attached hydrogen (secondary N) is 1. The second-order valence-corrected chi connectivity index (χ2v) is 10.7. The Kier molecular flexibility index (Phi) is 7.99. The molecule has 1 N–H and O–H groups in total. The molecule has 2 aromatic rings. The molecule has 0 radical (unpaired) electrons. The molecule has 10 heteroatoms. The molecule has 8 nitrogen and oxygen atoms in total. The molecule has 0 aromatic heterocycles. The van der Waals surface area contributed by atoms with Gasteiger partial charge >= 0.3 is 0 Å². The number of halogens is 1. The highest BCUT2D eigenvalue weighted by molar-refractivity contribution is 7.90. The lowest BCUT2D eigenvalue weighted by Gasteiger charge is -2.30. The lowest BCUT2D eigenvalue weighted by Crippen LogP contribution is -2.49. The first-order valence-electron chi connectivity index (χ1n) is 11.0. The van der Waals surface area contributed by atoms with Crippen molar-refractivity contribution in [1.29, 1.82) is 0 Å². The smallest absolute Gasteiger partial charge is 0.269 e. The fourth-order valence-electron chi connectivity index (χ4n) is 3.77. The number of hydrogen-bond donors (Lipinski definition) is 1. The van der Waals surface area contributed by atoms with Crippen molar-refractivity contribution in [3.8, 4) is 0 Å². The lowest BCUT2D eigenvalue weighted by atomic mass is 10.1. The van der Waals surface area contributed by atoms with Crippen molar-refractivity contribution in [2.24, 2.45) is 0 Å². The third-order valence-corrected chi connectivity index (χ3v) is 7.77. The van der Waals surface area contributed by atoms with Gasteiger partial charge in [0.25, 0.3) is 15.9 Å². The van der Waals surface area contributed by atoms with Crippen LogP contribution in [-0.4, -0.2) is 54.0 Å². The molecule has 0 unspecified atom stereocenters. The van der Waals surface area contributed by atoms with E-state index in [0.717, 1.165) is 4.31 Å². The van der Waals surface area contributed by atoms with Gasteiger partial charge in [0, 0.05) is 30.6 Å². The van der Waals surface area contributed by atoms with E-state index >= 15 is 0 Å². The van der Waals surface area contributed by atoms with E-state index in [-0.39, 0.29) is 54.2 Å². The average molecular weight is 506 g/mol. The van der Waals surface area contributed by atoms with Crippen LogP contribution < -0.4 is 5.32 Å². The first kappa shape index (κ1) is 25.7. The topological polar surface area (TPSA) is 104 Å². The first-order valence-corrected chi connectivity index (χ1v) is 12.8. The fourth-order valence-corrected chi connectivity index (χ4v) is 5.57. The molecule has 2 aromatic carbocycles. The van der Waals surface area contributed by atoms with Gasteiger partial charge in [0.1, 0.15) is 10.9 Å². The van der Waals surface area contributed by atoms with Crippen molar-refractivity contribution in [2.45, 2.75) is 57.1 Å². The summed E-state index contributed by atoms with van der Waals surface area (Å²) in [7, 11) is -3.93. The molecule has 0 bridgehead atoms. The van der Waals surface area contributed by atoms with E-state index in [1.54, 1.807) is 43.3 Å². The Bertz CT molecular complexity index is 1200. The number of rotatable bonds is 9. The van der Waals surface area contributed by atoms with Crippen molar-refractivity contribution < 1.29 is 22.8 Å². The molecule has 0 spiro atoms. The summed E-state index contributed by atoms with van der Waals surface area (Å²) in [5.74, 6) is -1.24. The molecular formula is C24H28ClN3O5S.